The second-order valence-corrected chi connectivity index (χ2v) is 8.94. The Bertz CT molecular complexity index is 1120. The van der Waals surface area contributed by atoms with Crippen molar-refractivity contribution in [1.29, 1.82) is 0 Å². The minimum Gasteiger partial charge on any atom is -0.494 e. The second-order valence-electron chi connectivity index (χ2n) is 8.94. The van der Waals surface area contributed by atoms with Gasteiger partial charge in [-0.05, 0) is 38.0 Å². The number of nitrogens with zero attached hydrogens (tertiary/aromatic N) is 3. The van der Waals surface area contributed by atoms with E-state index >= 15 is 0 Å². The van der Waals surface area contributed by atoms with Crippen LogP contribution < -0.4 is 4.74 Å². The Labute approximate surface area is 200 Å². The van der Waals surface area contributed by atoms with Crippen LogP contribution in [0, 0.1) is 6.92 Å². The van der Waals surface area contributed by atoms with E-state index in [-0.39, 0.29) is 11.9 Å². The molecule has 7 heteroatoms. The molecule has 1 saturated heterocycles. The third-order valence-electron chi connectivity index (χ3n) is 6.67. The Morgan fingerprint density at radius 2 is 1.79 bits per heavy atom. The van der Waals surface area contributed by atoms with Gasteiger partial charge in [-0.1, -0.05) is 42.0 Å². The monoisotopic (exact) mass is 460 g/mol. The number of carbonyl (C=O) groups excluding carboxylic acids is 1. The molecule has 3 heterocycles. The topological polar surface area (TPSA) is 70.7 Å². The molecule has 0 bridgehead atoms. The van der Waals surface area contributed by atoms with Crippen molar-refractivity contribution in [2.75, 3.05) is 46.0 Å². The summed E-state index contributed by atoms with van der Waals surface area (Å²) in [4.78, 5) is 17.9. The van der Waals surface area contributed by atoms with Gasteiger partial charge >= 0.3 is 0 Å². The number of ether oxygens (including phenoxy) is 2. The number of H-pyrrole nitrogens is 1. The van der Waals surface area contributed by atoms with E-state index in [1.165, 1.54) is 5.56 Å². The smallest absolute Gasteiger partial charge is 0.273 e. The Balaban J connectivity index is 1.46. The molecule has 1 aromatic heterocycles. The SMILES string of the molecule is CCOc1ccc(C2c3c(-c4ccc(C)cc4)n[nH]c3C(=O)N2CCCN2CCOCC2)cc1. The van der Waals surface area contributed by atoms with Crippen molar-refractivity contribution in [3.63, 3.8) is 0 Å². The average Bonchev–Trinajstić information content (AvgIpc) is 3.40. The van der Waals surface area contributed by atoms with Crippen LogP contribution in [0.25, 0.3) is 11.3 Å². The zero-order valence-corrected chi connectivity index (χ0v) is 19.9. The van der Waals surface area contributed by atoms with Gasteiger partial charge in [0.05, 0.1) is 31.6 Å². The number of aromatic nitrogens is 2. The highest BCUT2D eigenvalue weighted by atomic mass is 16.5. The van der Waals surface area contributed by atoms with Crippen LogP contribution in [-0.4, -0.2) is 71.9 Å². The van der Waals surface area contributed by atoms with Crippen molar-refractivity contribution in [1.82, 2.24) is 20.0 Å². The summed E-state index contributed by atoms with van der Waals surface area (Å²) < 4.78 is 11.1. The third kappa shape index (κ3) is 4.45. The number of carbonyl (C=O) groups is 1. The lowest BCUT2D eigenvalue weighted by molar-refractivity contribution is 0.0354. The maximum atomic E-state index is 13.5. The number of hydrogen-bond donors (Lipinski definition) is 1. The number of fused-ring (bicyclic) bond motifs is 1. The summed E-state index contributed by atoms with van der Waals surface area (Å²) in [6, 6.07) is 16.2. The number of hydrogen-bond acceptors (Lipinski definition) is 5. The standard InChI is InChI=1S/C27H32N4O3/c1-3-34-22-11-9-21(10-12-22)26-23-24(20-7-5-19(2)6-8-20)28-29-25(23)27(32)31(26)14-4-13-30-15-17-33-18-16-30/h5-12,26H,3-4,13-18H2,1-2H3,(H,28,29). The van der Waals surface area contributed by atoms with Crippen molar-refractivity contribution < 1.29 is 14.3 Å². The fourth-order valence-corrected chi connectivity index (χ4v) is 4.91. The van der Waals surface area contributed by atoms with Crippen LogP contribution >= 0.6 is 0 Å². The lowest BCUT2D eigenvalue weighted by Gasteiger charge is -2.29. The zero-order valence-electron chi connectivity index (χ0n) is 19.9. The van der Waals surface area contributed by atoms with E-state index in [0.29, 0.717) is 18.8 Å². The number of amides is 1. The highest BCUT2D eigenvalue weighted by Crippen LogP contribution is 2.43. The summed E-state index contributed by atoms with van der Waals surface area (Å²) in [5, 5.41) is 7.64. The van der Waals surface area contributed by atoms with Gasteiger partial charge in [0.15, 0.2) is 0 Å². The van der Waals surface area contributed by atoms with Gasteiger partial charge in [-0.15, -0.1) is 0 Å². The molecule has 34 heavy (non-hydrogen) atoms. The Morgan fingerprint density at radius 1 is 1.06 bits per heavy atom. The Hall–Kier alpha value is -3.16. The molecular weight excluding hydrogens is 428 g/mol. The first-order valence-electron chi connectivity index (χ1n) is 12.1. The average molecular weight is 461 g/mol. The van der Waals surface area contributed by atoms with Crippen LogP contribution in [0.2, 0.25) is 0 Å². The number of rotatable bonds is 8. The maximum Gasteiger partial charge on any atom is 0.273 e. The van der Waals surface area contributed by atoms with Crippen molar-refractivity contribution in [3.05, 3.63) is 70.9 Å². The predicted molar refractivity (Wildman–Crippen MR) is 131 cm³/mol. The Kier molecular flexibility index (Phi) is 6.65. The quantitative estimate of drug-likeness (QED) is 0.549. The summed E-state index contributed by atoms with van der Waals surface area (Å²) >= 11 is 0. The van der Waals surface area contributed by atoms with Gasteiger partial charge in [-0.2, -0.15) is 5.10 Å². The minimum absolute atomic E-state index is 0.0155. The van der Waals surface area contributed by atoms with E-state index in [4.69, 9.17) is 9.47 Å². The number of nitrogens with one attached hydrogen (secondary N) is 1. The molecule has 2 aliphatic rings. The van der Waals surface area contributed by atoms with Crippen molar-refractivity contribution in [2.24, 2.45) is 0 Å². The number of morpholine rings is 1. The molecule has 0 saturated carbocycles. The fraction of sp³-hybridized carbons (Fsp3) is 0.407. The first-order chi connectivity index (χ1) is 16.7. The van der Waals surface area contributed by atoms with Crippen LogP contribution in [-0.2, 0) is 4.74 Å². The van der Waals surface area contributed by atoms with Crippen LogP contribution in [0.5, 0.6) is 5.75 Å². The van der Waals surface area contributed by atoms with Gasteiger partial charge in [0, 0.05) is 37.3 Å². The van der Waals surface area contributed by atoms with Gasteiger partial charge < -0.3 is 14.4 Å². The van der Waals surface area contributed by atoms with Gasteiger partial charge in [-0.25, -0.2) is 0 Å². The van der Waals surface area contributed by atoms with Gasteiger partial charge in [0.25, 0.3) is 5.91 Å². The lowest BCUT2D eigenvalue weighted by atomic mass is 9.95. The Morgan fingerprint density at radius 3 is 2.50 bits per heavy atom. The maximum absolute atomic E-state index is 13.5. The number of aryl methyl sites for hydroxylation is 1. The molecular formula is C27H32N4O3. The van der Waals surface area contributed by atoms with Gasteiger partial charge in [0.1, 0.15) is 11.4 Å². The van der Waals surface area contributed by atoms with Crippen molar-refractivity contribution in [3.8, 4) is 17.0 Å². The van der Waals surface area contributed by atoms with E-state index in [1.807, 2.05) is 24.0 Å². The molecule has 2 aromatic carbocycles. The van der Waals surface area contributed by atoms with Crippen LogP contribution in [0.4, 0.5) is 0 Å². The lowest BCUT2D eigenvalue weighted by Crippen LogP contribution is -2.38. The second kappa shape index (κ2) is 9.99. The molecule has 3 aromatic rings. The predicted octanol–water partition coefficient (Wildman–Crippen LogP) is 4.05. The zero-order chi connectivity index (χ0) is 23.5. The van der Waals surface area contributed by atoms with E-state index in [2.05, 4.69) is 58.4 Å². The van der Waals surface area contributed by atoms with Crippen LogP contribution in [0.3, 0.4) is 0 Å². The summed E-state index contributed by atoms with van der Waals surface area (Å²) in [6.07, 6.45) is 0.914. The molecule has 1 unspecified atom stereocenters. The number of aromatic amines is 1. The fourth-order valence-electron chi connectivity index (χ4n) is 4.91. The van der Waals surface area contributed by atoms with E-state index in [1.54, 1.807) is 0 Å². The highest BCUT2D eigenvalue weighted by molar-refractivity contribution is 6.00. The van der Waals surface area contributed by atoms with E-state index < -0.39 is 0 Å². The van der Waals surface area contributed by atoms with E-state index in [0.717, 1.165) is 67.4 Å². The van der Waals surface area contributed by atoms with Crippen LogP contribution in [0.15, 0.2) is 48.5 Å². The molecule has 0 radical (unpaired) electrons. The molecule has 0 spiro atoms. The molecule has 1 atom stereocenters. The first-order valence-corrected chi connectivity index (χ1v) is 12.1. The number of benzene rings is 2. The molecule has 0 aliphatic carbocycles. The van der Waals surface area contributed by atoms with Crippen LogP contribution in [0.1, 0.15) is 46.6 Å². The van der Waals surface area contributed by atoms with Gasteiger partial charge in [0.2, 0.25) is 0 Å². The summed E-state index contributed by atoms with van der Waals surface area (Å²) in [7, 11) is 0. The third-order valence-corrected chi connectivity index (χ3v) is 6.67. The van der Waals surface area contributed by atoms with Gasteiger partial charge in [-0.3, -0.25) is 14.8 Å². The molecule has 1 N–H and O–H groups in total. The summed E-state index contributed by atoms with van der Waals surface area (Å²) in [5.74, 6) is 0.849. The molecule has 5 rings (SSSR count). The first kappa shape index (κ1) is 22.6. The molecule has 2 aliphatic heterocycles. The highest BCUT2D eigenvalue weighted by Gasteiger charge is 2.41. The molecule has 1 fully saturated rings. The van der Waals surface area contributed by atoms with Crippen molar-refractivity contribution >= 4 is 5.91 Å². The molecule has 7 nitrogen and oxygen atoms in total. The van der Waals surface area contributed by atoms with Crippen molar-refractivity contribution in [2.45, 2.75) is 26.3 Å². The van der Waals surface area contributed by atoms with E-state index in [9.17, 15) is 4.79 Å². The minimum atomic E-state index is -0.182. The summed E-state index contributed by atoms with van der Waals surface area (Å²) in [6.45, 7) is 9.80. The normalized spacial score (nSPS) is 18.4. The molecule has 178 valence electrons. The summed E-state index contributed by atoms with van der Waals surface area (Å²) in [5.41, 5.74) is 5.68. The molecule has 1 amide bonds. The largest absolute Gasteiger partial charge is 0.494 e.